The molecule has 0 aromatic rings. The normalized spacial score (nSPS) is 12.6. The predicted molar refractivity (Wildman–Crippen MR) is 77.6 cm³/mol. The number of thiol groups is 1. The molecule has 0 rings (SSSR count). The van der Waals surface area contributed by atoms with E-state index in [1.165, 1.54) is 6.92 Å². The maximum absolute atomic E-state index is 10.3. The average Bonchev–Trinajstić information content (AvgIpc) is 2.36. The molecule has 0 aromatic heterocycles. The van der Waals surface area contributed by atoms with Crippen LogP contribution >= 0.6 is 12.6 Å². The van der Waals surface area contributed by atoms with Crippen LogP contribution in [0.15, 0.2) is 0 Å². The first-order valence-electron chi connectivity index (χ1n) is 6.05. The van der Waals surface area contributed by atoms with Crippen LogP contribution in [0.3, 0.4) is 0 Å². The van der Waals surface area contributed by atoms with Gasteiger partial charge in [0.05, 0.1) is 0 Å². The van der Waals surface area contributed by atoms with Crippen molar-refractivity contribution in [1.82, 2.24) is 5.32 Å². The molecule has 9 heteroatoms. The second-order valence-corrected chi connectivity index (χ2v) is 4.37. The van der Waals surface area contributed by atoms with E-state index in [2.05, 4.69) is 17.9 Å². The average molecular weight is 309 g/mol. The number of hydrogen-bond donors (Lipinski definition) is 6. The van der Waals surface area contributed by atoms with Crippen molar-refractivity contribution in [2.45, 2.75) is 38.3 Å². The molecule has 0 heterocycles. The van der Waals surface area contributed by atoms with Gasteiger partial charge in [0, 0.05) is 12.7 Å². The molecule has 20 heavy (non-hydrogen) atoms. The van der Waals surface area contributed by atoms with Gasteiger partial charge in [-0.3, -0.25) is 9.59 Å². The standard InChI is InChI=1S/C6H14N2O2.C5H9NO3S/c7-4-2-1-3-5(8)6(9)10;1-3(7)6-4(2-10)5(8)9/h5H,1-4,7-8H2,(H,9,10);4,10H,2H2,1H3,(H,6,7)(H,8,9)/t5-;4-/m00/s1. The number of unbranched alkanes of at least 4 members (excludes halogenated alkanes) is 1. The molecule has 0 aliphatic carbocycles. The quantitative estimate of drug-likeness (QED) is 0.249. The molecule has 2 atom stereocenters. The van der Waals surface area contributed by atoms with Crippen LogP contribution in [0, 0.1) is 0 Å². The Balaban J connectivity index is 0. The molecule has 0 aromatic carbocycles. The zero-order chi connectivity index (χ0) is 16.1. The van der Waals surface area contributed by atoms with Gasteiger partial charge in [-0.25, -0.2) is 4.79 Å². The zero-order valence-electron chi connectivity index (χ0n) is 11.4. The van der Waals surface area contributed by atoms with E-state index in [-0.39, 0.29) is 11.7 Å². The number of carboxylic acid groups (broad SMARTS) is 2. The van der Waals surface area contributed by atoms with Crippen LogP contribution < -0.4 is 16.8 Å². The molecule has 118 valence electrons. The van der Waals surface area contributed by atoms with Crippen molar-refractivity contribution in [3.05, 3.63) is 0 Å². The molecule has 8 nitrogen and oxygen atoms in total. The van der Waals surface area contributed by atoms with Crippen molar-refractivity contribution in [2.24, 2.45) is 11.5 Å². The summed E-state index contributed by atoms with van der Waals surface area (Å²) >= 11 is 3.73. The lowest BCUT2D eigenvalue weighted by molar-refractivity contribution is -0.141. The summed E-state index contributed by atoms with van der Waals surface area (Å²) in [4.78, 5) is 30.6. The van der Waals surface area contributed by atoms with Crippen LogP contribution in [-0.4, -0.2) is 52.4 Å². The molecule has 0 saturated heterocycles. The Morgan fingerprint density at radius 3 is 2.00 bits per heavy atom. The van der Waals surface area contributed by atoms with Gasteiger partial charge in [0.15, 0.2) is 0 Å². The summed E-state index contributed by atoms with van der Waals surface area (Å²) in [7, 11) is 0. The number of carbonyl (C=O) groups excluding carboxylic acids is 1. The molecule has 0 bridgehead atoms. The lowest BCUT2D eigenvalue weighted by Crippen LogP contribution is -2.40. The molecule has 0 aliphatic rings. The van der Waals surface area contributed by atoms with Gasteiger partial charge < -0.3 is 27.0 Å². The number of hydrogen-bond acceptors (Lipinski definition) is 6. The van der Waals surface area contributed by atoms with Crippen molar-refractivity contribution in [1.29, 1.82) is 0 Å². The fourth-order valence-corrected chi connectivity index (χ4v) is 1.31. The summed E-state index contributed by atoms with van der Waals surface area (Å²) in [6.07, 6.45) is 2.16. The number of nitrogens with one attached hydrogen (secondary N) is 1. The highest BCUT2D eigenvalue weighted by molar-refractivity contribution is 7.80. The van der Waals surface area contributed by atoms with E-state index in [1.54, 1.807) is 0 Å². The highest BCUT2D eigenvalue weighted by Gasteiger charge is 2.15. The summed E-state index contributed by atoms with van der Waals surface area (Å²) in [5.41, 5.74) is 10.4. The van der Waals surface area contributed by atoms with E-state index < -0.39 is 24.0 Å². The van der Waals surface area contributed by atoms with Crippen LogP contribution in [-0.2, 0) is 14.4 Å². The topological polar surface area (TPSA) is 156 Å². The number of amides is 1. The molecule has 0 fully saturated rings. The smallest absolute Gasteiger partial charge is 0.327 e. The maximum atomic E-state index is 10.3. The third-order valence-electron chi connectivity index (χ3n) is 2.14. The molecular formula is C11H23N3O5S. The van der Waals surface area contributed by atoms with Crippen molar-refractivity contribution in [3.63, 3.8) is 0 Å². The first kappa shape index (κ1) is 21.0. The lowest BCUT2D eigenvalue weighted by atomic mass is 10.1. The van der Waals surface area contributed by atoms with Crippen molar-refractivity contribution < 1.29 is 24.6 Å². The summed E-state index contributed by atoms with van der Waals surface area (Å²) < 4.78 is 0. The van der Waals surface area contributed by atoms with E-state index in [4.69, 9.17) is 21.7 Å². The SMILES string of the molecule is CC(=O)N[C@@H](CS)C(=O)O.NCCCC[C@H](N)C(=O)O. The van der Waals surface area contributed by atoms with Crippen LogP contribution in [0.25, 0.3) is 0 Å². The number of nitrogens with two attached hydrogens (primary N) is 2. The first-order chi connectivity index (χ1) is 9.26. The van der Waals surface area contributed by atoms with Gasteiger partial charge >= 0.3 is 11.9 Å². The second kappa shape index (κ2) is 12.7. The predicted octanol–water partition coefficient (Wildman–Crippen LogP) is -0.967. The summed E-state index contributed by atoms with van der Waals surface area (Å²) in [6, 6.07) is -1.59. The van der Waals surface area contributed by atoms with Crippen LogP contribution in [0.5, 0.6) is 0 Å². The molecule has 0 spiro atoms. The molecule has 0 radical (unpaired) electrons. The maximum Gasteiger partial charge on any atom is 0.327 e. The Labute approximate surface area is 123 Å². The molecule has 0 unspecified atom stereocenters. The number of carbonyl (C=O) groups is 3. The number of carboxylic acids is 2. The monoisotopic (exact) mass is 309 g/mol. The van der Waals surface area contributed by atoms with Crippen molar-refractivity contribution in [3.8, 4) is 0 Å². The minimum atomic E-state index is -1.06. The highest BCUT2D eigenvalue weighted by atomic mass is 32.1. The lowest BCUT2D eigenvalue weighted by Gasteiger charge is -2.08. The molecule has 0 aliphatic heterocycles. The van der Waals surface area contributed by atoms with E-state index in [9.17, 15) is 14.4 Å². The van der Waals surface area contributed by atoms with Gasteiger partial charge in [0.1, 0.15) is 12.1 Å². The Morgan fingerprint density at radius 2 is 1.75 bits per heavy atom. The second-order valence-electron chi connectivity index (χ2n) is 4.00. The molecular weight excluding hydrogens is 286 g/mol. The highest BCUT2D eigenvalue weighted by Crippen LogP contribution is 1.96. The van der Waals surface area contributed by atoms with Crippen LogP contribution in [0.4, 0.5) is 0 Å². The van der Waals surface area contributed by atoms with E-state index in [1.807, 2.05) is 0 Å². The summed E-state index contributed by atoms with van der Waals surface area (Å²) in [5.74, 6) is -2.25. The number of aliphatic carboxylic acids is 2. The Kier molecular flexibility index (Phi) is 13.3. The first-order valence-corrected chi connectivity index (χ1v) is 6.68. The summed E-state index contributed by atoms with van der Waals surface area (Å²) in [5, 5.41) is 18.9. The minimum Gasteiger partial charge on any atom is -0.480 e. The van der Waals surface area contributed by atoms with Crippen LogP contribution in [0.1, 0.15) is 26.2 Å². The molecule has 0 saturated carbocycles. The largest absolute Gasteiger partial charge is 0.480 e. The van der Waals surface area contributed by atoms with Gasteiger partial charge in [-0.1, -0.05) is 6.42 Å². The van der Waals surface area contributed by atoms with Gasteiger partial charge in [-0.2, -0.15) is 12.6 Å². The van der Waals surface area contributed by atoms with E-state index in [0.717, 1.165) is 12.8 Å². The van der Waals surface area contributed by atoms with Crippen molar-refractivity contribution >= 4 is 30.5 Å². The Morgan fingerprint density at radius 1 is 1.20 bits per heavy atom. The Bertz CT molecular complexity index is 314. The third kappa shape index (κ3) is 13.1. The minimum absolute atomic E-state index is 0.106. The molecule has 1 amide bonds. The van der Waals surface area contributed by atoms with Gasteiger partial charge in [0.25, 0.3) is 0 Å². The third-order valence-corrected chi connectivity index (χ3v) is 2.51. The summed E-state index contributed by atoms with van der Waals surface area (Å²) in [6.45, 7) is 1.87. The zero-order valence-corrected chi connectivity index (χ0v) is 12.3. The van der Waals surface area contributed by atoms with Gasteiger partial charge in [-0.05, 0) is 19.4 Å². The molecule has 7 N–H and O–H groups in total. The van der Waals surface area contributed by atoms with Crippen LogP contribution in [0.2, 0.25) is 0 Å². The van der Waals surface area contributed by atoms with Crippen molar-refractivity contribution in [2.75, 3.05) is 12.3 Å². The van der Waals surface area contributed by atoms with Gasteiger partial charge in [0.2, 0.25) is 5.91 Å². The van der Waals surface area contributed by atoms with E-state index >= 15 is 0 Å². The fourth-order valence-electron chi connectivity index (χ4n) is 1.06. The van der Waals surface area contributed by atoms with Gasteiger partial charge in [-0.15, -0.1) is 0 Å². The number of rotatable bonds is 8. The Hall–Kier alpha value is -1.32. The fraction of sp³-hybridized carbons (Fsp3) is 0.727. The van der Waals surface area contributed by atoms with E-state index in [0.29, 0.717) is 13.0 Å².